The van der Waals surface area contributed by atoms with Crippen molar-refractivity contribution in [3.05, 3.63) is 95.6 Å². The Morgan fingerprint density at radius 1 is 0.867 bits per heavy atom. The van der Waals surface area contributed by atoms with Crippen molar-refractivity contribution in [2.24, 2.45) is 17.8 Å². The van der Waals surface area contributed by atoms with Gasteiger partial charge >= 0.3 is 0 Å². The highest BCUT2D eigenvalue weighted by atomic mass is 16.1. The molecule has 30 heavy (non-hydrogen) atoms. The molecule has 0 unspecified atom stereocenters. The summed E-state index contributed by atoms with van der Waals surface area (Å²) in [4.78, 5) is 12.9. The van der Waals surface area contributed by atoms with Gasteiger partial charge in [0, 0.05) is 16.9 Å². The molecular formula is C27H26N2O. The normalized spacial score (nSPS) is 28.3. The maximum Gasteiger partial charge on any atom is 0.255 e. The van der Waals surface area contributed by atoms with Crippen molar-refractivity contribution in [1.29, 1.82) is 0 Å². The van der Waals surface area contributed by atoms with Gasteiger partial charge in [0.15, 0.2) is 0 Å². The van der Waals surface area contributed by atoms with Crippen LogP contribution in [0.5, 0.6) is 0 Å². The maximum atomic E-state index is 12.9. The first-order chi connectivity index (χ1) is 14.8. The Morgan fingerprint density at radius 3 is 2.40 bits per heavy atom. The van der Waals surface area contributed by atoms with Crippen LogP contribution < -0.4 is 10.6 Å². The quantitative estimate of drug-likeness (QED) is 0.552. The largest absolute Gasteiger partial charge is 0.378 e. The highest BCUT2D eigenvalue weighted by Gasteiger charge is 2.53. The van der Waals surface area contributed by atoms with E-state index in [1.165, 1.54) is 36.1 Å². The summed E-state index contributed by atoms with van der Waals surface area (Å²) in [7, 11) is 0. The van der Waals surface area contributed by atoms with Gasteiger partial charge in [-0.1, -0.05) is 48.5 Å². The minimum Gasteiger partial charge on any atom is -0.378 e. The highest BCUT2D eigenvalue weighted by Crippen LogP contribution is 2.63. The van der Waals surface area contributed by atoms with E-state index in [0.29, 0.717) is 17.9 Å². The zero-order chi connectivity index (χ0) is 20.1. The van der Waals surface area contributed by atoms with E-state index < -0.39 is 0 Å². The van der Waals surface area contributed by atoms with Gasteiger partial charge in [0.05, 0.1) is 6.04 Å². The molecule has 3 aromatic rings. The van der Waals surface area contributed by atoms with Gasteiger partial charge in [-0.2, -0.15) is 0 Å². The van der Waals surface area contributed by atoms with E-state index >= 15 is 0 Å². The second-order valence-electron chi connectivity index (χ2n) is 9.09. The van der Waals surface area contributed by atoms with Crippen molar-refractivity contribution in [2.45, 2.75) is 31.2 Å². The lowest BCUT2D eigenvalue weighted by Gasteiger charge is -2.43. The summed E-state index contributed by atoms with van der Waals surface area (Å²) < 4.78 is 0. The number of carbonyl (C=O) groups is 1. The van der Waals surface area contributed by atoms with Crippen LogP contribution in [0.3, 0.4) is 0 Å². The molecule has 0 radical (unpaired) electrons. The van der Waals surface area contributed by atoms with Crippen molar-refractivity contribution < 1.29 is 4.79 Å². The van der Waals surface area contributed by atoms with Gasteiger partial charge in [-0.25, -0.2) is 0 Å². The monoisotopic (exact) mass is 394 g/mol. The Kier molecular flexibility index (Phi) is 4.15. The predicted molar refractivity (Wildman–Crippen MR) is 121 cm³/mol. The van der Waals surface area contributed by atoms with Crippen LogP contribution in [0.2, 0.25) is 0 Å². The Morgan fingerprint density at radius 2 is 1.60 bits per heavy atom. The van der Waals surface area contributed by atoms with E-state index in [9.17, 15) is 4.79 Å². The molecule has 0 spiro atoms. The minimum absolute atomic E-state index is 0.0334. The topological polar surface area (TPSA) is 41.1 Å². The van der Waals surface area contributed by atoms with Crippen LogP contribution in [0.1, 0.15) is 52.7 Å². The van der Waals surface area contributed by atoms with Crippen molar-refractivity contribution in [3.63, 3.8) is 0 Å². The summed E-state index contributed by atoms with van der Waals surface area (Å²) in [5.41, 5.74) is 5.52. The van der Waals surface area contributed by atoms with Gasteiger partial charge in [-0.05, 0) is 84.4 Å². The average Bonchev–Trinajstić information content (AvgIpc) is 3.42. The van der Waals surface area contributed by atoms with Gasteiger partial charge in [0.1, 0.15) is 0 Å². The lowest BCUT2D eigenvalue weighted by molar-refractivity contribution is 0.102. The third-order valence-electron chi connectivity index (χ3n) is 7.54. The van der Waals surface area contributed by atoms with E-state index in [1.54, 1.807) is 0 Å². The van der Waals surface area contributed by atoms with E-state index in [4.69, 9.17) is 0 Å². The van der Waals surface area contributed by atoms with Crippen LogP contribution in [-0.2, 0) is 0 Å². The second kappa shape index (κ2) is 7.02. The number of amides is 1. The van der Waals surface area contributed by atoms with Crippen molar-refractivity contribution in [1.82, 2.24) is 0 Å². The van der Waals surface area contributed by atoms with E-state index in [0.717, 1.165) is 23.1 Å². The van der Waals surface area contributed by atoms with Crippen LogP contribution in [0.4, 0.5) is 11.4 Å². The number of rotatable bonds is 3. The van der Waals surface area contributed by atoms with Crippen molar-refractivity contribution in [3.8, 4) is 0 Å². The second-order valence-corrected chi connectivity index (χ2v) is 9.09. The van der Waals surface area contributed by atoms with Crippen LogP contribution >= 0.6 is 0 Å². The van der Waals surface area contributed by atoms with Gasteiger partial charge < -0.3 is 10.6 Å². The van der Waals surface area contributed by atoms with Crippen LogP contribution in [-0.4, -0.2) is 5.91 Å². The fourth-order valence-electron chi connectivity index (χ4n) is 6.34. The maximum absolute atomic E-state index is 12.9. The number of para-hydroxylation sites is 1. The molecule has 1 amide bonds. The molecule has 150 valence electrons. The molecule has 5 atom stereocenters. The van der Waals surface area contributed by atoms with Gasteiger partial charge in [0.2, 0.25) is 0 Å². The molecule has 1 heterocycles. The molecule has 3 aliphatic rings. The third kappa shape index (κ3) is 2.84. The zero-order valence-electron chi connectivity index (χ0n) is 16.9. The molecule has 2 N–H and O–H groups in total. The first-order valence-corrected chi connectivity index (χ1v) is 11.1. The lowest BCUT2D eigenvalue weighted by atomic mass is 9.68. The molecule has 3 heteroatoms. The summed E-state index contributed by atoms with van der Waals surface area (Å²) in [6.45, 7) is 0. The summed E-state index contributed by atoms with van der Waals surface area (Å²) in [6.07, 6.45) is 4.01. The van der Waals surface area contributed by atoms with E-state index in [1.807, 2.05) is 36.4 Å². The van der Waals surface area contributed by atoms with E-state index in [2.05, 4.69) is 53.1 Å². The molecule has 2 bridgehead atoms. The SMILES string of the molecule is O=C(Nc1ccccc1)c1ccc2c(c1)[C@H]1[C@H]3CC[C@@H](C3)[C@@H]1[C@@H](c1ccccc1)N2. The molecule has 2 saturated carbocycles. The first kappa shape index (κ1) is 17.8. The number of anilines is 2. The van der Waals surface area contributed by atoms with E-state index in [-0.39, 0.29) is 5.91 Å². The molecule has 2 fully saturated rings. The van der Waals surface area contributed by atoms with Crippen molar-refractivity contribution in [2.75, 3.05) is 10.6 Å². The standard InChI is InChI=1S/C27H26N2O/c30-27(28-21-9-5-2-6-10-21)20-13-14-23-22(16-20)24-18-11-12-19(15-18)25(24)26(29-23)17-7-3-1-4-8-17/h1-10,13-14,16,18-19,24-26,29H,11-12,15H2,(H,28,30)/t18-,19-,24+,25-,26+/m0/s1. The number of hydrogen-bond donors (Lipinski definition) is 2. The predicted octanol–water partition coefficient (Wildman–Crippen LogP) is 6.24. The number of hydrogen-bond acceptors (Lipinski definition) is 2. The number of fused-ring (bicyclic) bond motifs is 7. The smallest absolute Gasteiger partial charge is 0.255 e. The number of carbonyl (C=O) groups excluding carboxylic acids is 1. The van der Waals surface area contributed by atoms with Gasteiger partial charge in [-0.3, -0.25) is 4.79 Å². The molecule has 6 rings (SSSR count). The lowest BCUT2D eigenvalue weighted by Crippen LogP contribution is -2.35. The first-order valence-electron chi connectivity index (χ1n) is 11.1. The Labute approximate surface area is 177 Å². The van der Waals surface area contributed by atoms with Crippen LogP contribution in [0.15, 0.2) is 78.9 Å². The van der Waals surface area contributed by atoms with Crippen LogP contribution in [0, 0.1) is 17.8 Å². The van der Waals surface area contributed by atoms with Crippen molar-refractivity contribution >= 4 is 17.3 Å². The Hall–Kier alpha value is -3.07. The molecular weight excluding hydrogens is 368 g/mol. The number of benzene rings is 3. The summed E-state index contributed by atoms with van der Waals surface area (Å²) in [5, 5.41) is 6.89. The average molecular weight is 395 g/mol. The summed E-state index contributed by atoms with van der Waals surface area (Å²) >= 11 is 0. The minimum atomic E-state index is -0.0334. The molecule has 2 aliphatic carbocycles. The highest BCUT2D eigenvalue weighted by molar-refractivity contribution is 6.04. The molecule has 1 aliphatic heterocycles. The molecule has 3 aromatic carbocycles. The summed E-state index contributed by atoms with van der Waals surface area (Å²) in [6, 6.07) is 27.2. The number of nitrogens with one attached hydrogen (secondary N) is 2. The third-order valence-corrected chi connectivity index (χ3v) is 7.54. The summed E-state index contributed by atoms with van der Waals surface area (Å²) in [5.74, 6) is 2.67. The molecule has 0 saturated heterocycles. The fraction of sp³-hybridized carbons (Fsp3) is 0.296. The Bertz CT molecular complexity index is 1080. The molecule has 3 nitrogen and oxygen atoms in total. The Balaban J connectivity index is 1.36. The van der Waals surface area contributed by atoms with Gasteiger partial charge in [-0.15, -0.1) is 0 Å². The van der Waals surface area contributed by atoms with Gasteiger partial charge in [0.25, 0.3) is 5.91 Å². The fourth-order valence-corrected chi connectivity index (χ4v) is 6.34. The van der Waals surface area contributed by atoms with Crippen LogP contribution in [0.25, 0.3) is 0 Å². The molecule has 0 aromatic heterocycles. The zero-order valence-corrected chi connectivity index (χ0v) is 16.9.